The number of benzene rings is 3. The summed E-state index contributed by atoms with van der Waals surface area (Å²) in [6, 6.07) is 17.3. The normalized spacial score (nSPS) is 13.5. The molecule has 3 aromatic carbocycles. The summed E-state index contributed by atoms with van der Waals surface area (Å²) < 4.78 is 29.4. The van der Waals surface area contributed by atoms with Crippen LogP contribution in [0.1, 0.15) is 15.9 Å². The zero-order chi connectivity index (χ0) is 26.3. The van der Waals surface area contributed by atoms with Crippen molar-refractivity contribution in [2.24, 2.45) is 0 Å². The van der Waals surface area contributed by atoms with Crippen LogP contribution in [0.25, 0.3) is 22.2 Å². The first-order valence-corrected chi connectivity index (χ1v) is 13.3. The lowest BCUT2D eigenvalue weighted by Crippen LogP contribution is -2.32. The number of rotatable bonds is 4. The number of nitrogens with zero attached hydrogens (tertiary/aromatic N) is 3. The molecule has 1 aliphatic heterocycles. The van der Waals surface area contributed by atoms with E-state index in [2.05, 4.69) is 9.97 Å². The average molecular weight is 521 g/mol. The Bertz CT molecular complexity index is 1630. The second-order valence-electron chi connectivity index (χ2n) is 8.83. The molecule has 0 bridgehead atoms. The van der Waals surface area contributed by atoms with Crippen molar-refractivity contribution in [3.8, 4) is 16.9 Å². The molecule has 0 saturated heterocycles. The fourth-order valence-corrected chi connectivity index (χ4v) is 4.83. The van der Waals surface area contributed by atoms with Gasteiger partial charge in [0.15, 0.2) is 9.84 Å². The van der Waals surface area contributed by atoms with Crippen LogP contribution < -0.4 is 9.64 Å². The van der Waals surface area contributed by atoms with Gasteiger partial charge in [0.25, 0.3) is 5.91 Å². The third kappa shape index (κ3) is 4.85. The van der Waals surface area contributed by atoms with Crippen molar-refractivity contribution in [2.75, 3.05) is 31.4 Å². The molecular weight excluding hydrogens is 496 g/mol. The number of aromatic nitrogens is 2. The largest absolute Gasteiger partial charge is 0.491 e. The number of amides is 2. The quantitative estimate of drug-likeness (QED) is 0.418. The maximum Gasteiger partial charge on any atom is 0.413 e. The SMILES string of the molecule is CN(C(=O)O)c1nc2ccc(-c3ccc4c(c3)CN(C(=O)c3ccc(S(C)(=O)=O)cc3)CCO4)cc2[nH]1. The zero-order valence-corrected chi connectivity index (χ0v) is 20.9. The molecule has 2 heterocycles. The first kappa shape index (κ1) is 24.3. The summed E-state index contributed by atoms with van der Waals surface area (Å²) in [6.07, 6.45) is 0.0117. The van der Waals surface area contributed by atoms with Crippen LogP contribution in [0.5, 0.6) is 5.75 Å². The number of fused-ring (bicyclic) bond motifs is 2. The Kier molecular flexibility index (Phi) is 6.08. The number of hydrogen-bond acceptors (Lipinski definition) is 6. The van der Waals surface area contributed by atoms with E-state index in [1.165, 1.54) is 31.3 Å². The van der Waals surface area contributed by atoms with Crippen LogP contribution in [0.3, 0.4) is 0 Å². The number of carbonyl (C=O) groups is 2. The Morgan fingerprint density at radius 2 is 1.76 bits per heavy atom. The Balaban J connectivity index is 1.42. The van der Waals surface area contributed by atoms with E-state index in [1.807, 2.05) is 36.4 Å². The van der Waals surface area contributed by atoms with E-state index in [9.17, 15) is 23.1 Å². The molecule has 0 unspecified atom stereocenters. The maximum atomic E-state index is 13.2. The molecule has 1 aliphatic rings. The minimum absolute atomic E-state index is 0.161. The van der Waals surface area contributed by atoms with Gasteiger partial charge in [-0.2, -0.15) is 0 Å². The second-order valence-corrected chi connectivity index (χ2v) is 10.8. The predicted octanol–water partition coefficient (Wildman–Crippen LogP) is 3.78. The summed E-state index contributed by atoms with van der Waals surface area (Å²) in [5, 5.41) is 9.21. The highest BCUT2D eigenvalue weighted by atomic mass is 32.2. The lowest BCUT2D eigenvalue weighted by Gasteiger charge is -2.20. The third-order valence-electron chi connectivity index (χ3n) is 6.26. The van der Waals surface area contributed by atoms with Gasteiger partial charge < -0.3 is 19.7 Å². The van der Waals surface area contributed by atoms with Crippen LogP contribution in [-0.4, -0.2) is 66.8 Å². The number of anilines is 1. The van der Waals surface area contributed by atoms with E-state index < -0.39 is 15.9 Å². The van der Waals surface area contributed by atoms with Crippen LogP contribution in [0.4, 0.5) is 10.7 Å². The van der Waals surface area contributed by atoms with Gasteiger partial charge in [0.2, 0.25) is 5.95 Å². The van der Waals surface area contributed by atoms with Crippen LogP contribution in [0.2, 0.25) is 0 Å². The number of sulfone groups is 1. The summed E-state index contributed by atoms with van der Waals surface area (Å²) in [7, 11) is -1.93. The van der Waals surface area contributed by atoms with Crippen molar-refractivity contribution in [1.82, 2.24) is 14.9 Å². The number of aromatic amines is 1. The van der Waals surface area contributed by atoms with Crippen LogP contribution in [0, 0.1) is 0 Å². The van der Waals surface area contributed by atoms with Gasteiger partial charge in [-0.25, -0.2) is 18.2 Å². The summed E-state index contributed by atoms with van der Waals surface area (Å²) in [4.78, 5) is 34.6. The summed E-state index contributed by atoms with van der Waals surface area (Å²) in [6.45, 7) is 1.05. The van der Waals surface area contributed by atoms with Crippen molar-refractivity contribution in [2.45, 2.75) is 11.4 Å². The van der Waals surface area contributed by atoms with Crippen molar-refractivity contribution in [3.05, 3.63) is 71.8 Å². The van der Waals surface area contributed by atoms with Gasteiger partial charge in [-0.15, -0.1) is 0 Å². The Morgan fingerprint density at radius 3 is 2.46 bits per heavy atom. The van der Waals surface area contributed by atoms with Gasteiger partial charge in [-0.3, -0.25) is 9.69 Å². The molecule has 5 rings (SSSR count). The lowest BCUT2D eigenvalue weighted by atomic mass is 10.0. The van der Waals surface area contributed by atoms with Gasteiger partial charge in [-0.05, 0) is 59.7 Å². The predicted molar refractivity (Wildman–Crippen MR) is 138 cm³/mol. The fourth-order valence-electron chi connectivity index (χ4n) is 4.20. The molecule has 37 heavy (non-hydrogen) atoms. The van der Waals surface area contributed by atoms with Crippen LogP contribution >= 0.6 is 0 Å². The third-order valence-corrected chi connectivity index (χ3v) is 7.39. The second kappa shape index (κ2) is 9.25. The number of nitrogens with one attached hydrogen (secondary N) is 1. The molecule has 0 fully saturated rings. The highest BCUT2D eigenvalue weighted by Gasteiger charge is 2.22. The van der Waals surface area contributed by atoms with E-state index in [4.69, 9.17) is 4.74 Å². The number of carbonyl (C=O) groups excluding carboxylic acids is 1. The van der Waals surface area contributed by atoms with Gasteiger partial charge in [0, 0.05) is 31.0 Å². The highest BCUT2D eigenvalue weighted by Crippen LogP contribution is 2.31. The van der Waals surface area contributed by atoms with E-state index in [0.29, 0.717) is 42.0 Å². The van der Waals surface area contributed by atoms with E-state index >= 15 is 0 Å². The molecule has 2 N–H and O–H groups in total. The standard InChI is InChI=1S/C26H24N4O6S/c1-29(26(32)33)25-27-21-9-5-18(14-22(21)28-25)17-6-10-23-19(13-17)15-30(11-12-36-23)24(31)16-3-7-20(8-4-16)37(2,34)35/h3-10,13-14H,11-12,15H2,1-2H3,(H,27,28)(H,32,33). The highest BCUT2D eigenvalue weighted by molar-refractivity contribution is 7.90. The first-order valence-electron chi connectivity index (χ1n) is 11.4. The Labute approximate surface area is 213 Å². The van der Waals surface area contributed by atoms with Crippen molar-refractivity contribution >= 4 is 38.8 Å². The smallest absolute Gasteiger partial charge is 0.413 e. The Morgan fingerprint density at radius 1 is 1.05 bits per heavy atom. The van der Waals surface area contributed by atoms with E-state index in [1.54, 1.807) is 4.90 Å². The van der Waals surface area contributed by atoms with Crippen LogP contribution in [-0.2, 0) is 16.4 Å². The van der Waals surface area contributed by atoms with Crippen molar-refractivity contribution < 1.29 is 27.9 Å². The first-order chi connectivity index (χ1) is 17.6. The summed E-state index contributed by atoms with van der Waals surface area (Å²) in [5.41, 5.74) is 4.37. The number of hydrogen-bond donors (Lipinski definition) is 2. The van der Waals surface area contributed by atoms with Gasteiger partial charge >= 0.3 is 6.09 Å². The summed E-state index contributed by atoms with van der Waals surface area (Å²) in [5.74, 6) is 0.712. The molecule has 4 aromatic rings. The molecule has 0 spiro atoms. The fraction of sp³-hybridized carbons (Fsp3) is 0.192. The number of imidazole rings is 1. The topological polar surface area (TPSA) is 133 Å². The number of carboxylic acid groups (broad SMARTS) is 1. The monoisotopic (exact) mass is 520 g/mol. The number of ether oxygens (including phenoxy) is 1. The zero-order valence-electron chi connectivity index (χ0n) is 20.1. The van der Waals surface area contributed by atoms with Gasteiger partial charge in [0.1, 0.15) is 12.4 Å². The minimum Gasteiger partial charge on any atom is -0.491 e. The molecule has 1 aromatic heterocycles. The minimum atomic E-state index is -3.35. The molecule has 10 nitrogen and oxygen atoms in total. The molecule has 190 valence electrons. The van der Waals surface area contributed by atoms with E-state index in [-0.39, 0.29) is 16.8 Å². The maximum absolute atomic E-state index is 13.2. The van der Waals surface area contributed by atoms with Gasteiger partial charge in [0.05, 0.1) is 22.5 Å². The average Bonchev–Trinajstić information content (AvgIpc) is 3.18. The van der Waals surface area contributed by atoms with Gasteiger partial charge in [-0.1, -0.05) is 12.1 Å². The summed E-state index contributed by atoms with van der Waals surface area (Å²) >= 11 is 0. The molecule has 2 amide bonds. The van der Waals surface area contributed by atoms with Crippen molar-refractivity contribution in [3.63, 3.8) is 0 Å². The Hall–Kier alpha value is -4.38. The molecule has 0 atom stereocenters. The molecule has 0 saturated carbocycles. The molecule has 0 aliphatic carbocycles. The molecule has 0 radical (unpaired) electrons. The van der Waals surface area contributed by atoms with Crippen molar-refractivity contribution in [1.29, 1.82) is 0 Å². The molecular formula is C26H24N4O6S. The van der Waals surface area contributed by atoms with E-state index in [0.717, 1.165) is 27.8 Å². The van der Waals surface area contributed by atoms with Crippen LogP contribution in [0.15, 0.2) is 65.6 Å². The lowest BCUT2D eigenvalue weighted by molar-refractivity contribution is 0.0733. The molecule has 11 heteroatoms. The number of H-pyrrole nitrogens is 1.